The van der Waals surface area contributed by atoms with E-state index >= 15 is 0 Å². The summed E-state index contributed by atoms with van der Waals surface area (Å²) in [6.45, 7) is 10.3. The first-order valence-electron chi connectivity index (χ1n) is 21.2. The molecule has 3 aromatic carbocycles. The van der Waals surface area contributed by atoms with Crippen molar-refractivity contribution in [3.05, 3.63) is 95.1 Å². The maximum absolute atomic E-state index is 12.2. The Hall–Kier alpha value is -3.56. The van der Waals surface area contributed by atoms with Crippen LogP contribution in [0.2, 0.25) is 0 Å². The van der Waals surface area contributed by atoms with Crippen molar-refractivity contribution >= 4 is 11.9 Å². The lowest BCUT2D eigenvalue weighted by Gasteiger charge is -2.43. The number of carbonyl (C=O) groups is 2. The van der Waals surface area contributed by atoms with Crippen LogP contribution in [-0.2, 0) is 32.2 Å². The van der Waals surface area contributed by atoms with Gasteiger partial charge in [0, 0.05) is 37.4 Å². The van der Waals surface area contributed by atoms with E-state index in [2.05, 4.69) is 79.5 Å². The molecule has 4 atom stereocenters. The van der Waals surface area contributed by atoms with Gasteiger partial charge in [-0.3, -0.25) is 9.59 Å². The second-order valence-electron chi connectivity index (χ2n) is 15.5. The minimum absolute atomic E-state index is 0.00907. The van der Waals surface area contributed by atoms with E-state index in [9.17, 15) is 14.7 Å². The van der Waals surface area contributed by atoms with E-state index in [0.29, 0.717) is 13.0 Å². The van der Waals surface area contributed by atoms with Gasteiger partial charge >= 0.3 is 5.97 Å². The Morgan fingerprint density at radius 2 is 1.31 bits per heavy atom. The number of aliphatic hydroxyl groups excluding tert-OH is 1. The Balaban J connectivity index is 1.48. The van der Waals surface area contributed by atoms with Gasteiger partial charge in [0.15, 0.2) is 6.29 Å². The molecule has 0 radical (unpaired) electrons. The molecule has 4 rings (SSSR count). The summed E-state index contributed by atoms with van der Waals surface area (Å²) in [5.41, 5.74) is 6.04. The molecule has 302 valence electrons. The van der Waals surface area contributed by atoms with E-state index < -0.39 is 12.3 Å². The van der Waals surface area contributed by atoms with E-state index in [1.54, 1.807) is 0 Å². The third-order valence-electron chi connectivity index (χ3n) is 10.9. The Kier molecular flexibility index (Phi) is 20.0. The molecular formula is C47H68N2O6. The molecule has 0 aromatic heterocycles. The van der Waals surface area contributed by atoms with Crippen LogP contribution in [0.5, 0.6) is 0 Å². The van der Waals surface area contributed by atoms with Gasteiger partial charge in [-0.05, 0) is 66.2 Å². The zero-order valence-corrected chi connectivity index (χ0v) is 33.9. The van der Waals surface area contributed by atoms with Gasteiger partial charge in [0.2, 0.25) is 5.91 Å². The summed E-state index contributed by atoms with van der Waals surface area (Å²) < 4.78 is 13.7. The smallest absolute Gasteiger partial charge is 0.303 e. The molecule has 0 spiro atoms. The number of rotatable bonds is 26. The number of hydrogen-bond donors (Lipinski definition) is 3. The summed E-state index contributed by atoms with van der Waals surface area (Å²) in [7, 11) is 0. The molecule has 0 bridgehead atoms. The van der Waals surface area contributed by atoms with E-state index in [0.717, 1.165) is 53.0 Å². The quantitative estimate of drug-likeness (QED) is 0.0700. The predicted molar refractivity (Wildman–Crippen MR) is 221 cm³/mol. The van der Waals surface area contributed by atoms with Gasteiger partial charge in [-0.15, -0.1) is 0 Å². The molecule has 8 nitrogen and oxygen atoms in total. The molecule has 1 aliphatic heterocycles. The minimum atomic E-state index is -0.889. The number of hydrogen-bond acceptors (Lipinski definition) is 6. The molecule has 1 fully saturated rings. The number of nitrogens with zero attached hydrogens (tertiary/aromatic N) is 1. The topological polar surface area (TPSA) is 108 Å². The predicted octanol–water partition coefficient (Wildman–Crippen LogP) is 10.5. The van der Waals surface area contributed by atoms with Crippen LogP contribution in [-0.4, -0.2) is 52.7 Å². The van der Waals surface area contributed by atoms with Crippen molar-refractivity contribution in [2.45, 2.75) is 149 Å². The highest BCUT2D eigenvalue weighted by Crippen LogP contribution is 2.42. The second-order valence-corrected chi connectivity index (χ2v) is 15.5. The van der Waals surface area contributed by atoms with Gasteiger partial charge in [-0.25, -0.2) is 0 Å². The van der Waals surface area contributed by atoms with E-state index in [-0.39, 0.29) is 43.5 Å². The average Bonchev–Trinajstić information content (AvgIpc) is 3.20. The second kappa shape index (κ2) is 24.8. The number of carboxylic acid groups (broad SMARTS) is 1. The van der Waals surface area contributed by atoms with Crippen LogP contribution >= 0.6 is 0 Å². The number of unbranched alkanes of at least 4 members (excludes halogenated alkanes) is 10. The van der Waals surface area contributed by atoms with Crippen LogP contribution in [0.25, 0.3) is 11.1 Å². The van der Waals surface area contributed by atoms with Gasteiger partial charge in [0.1, 0.15) is 0 Å². The van der Waals surface area contributed by atoms with Crippen LogP contribution in [0, 0.1) is 5.92 Å². The maximum atomic E-state index is 12.2. The molecule has 1 saturated heterocycles. The highest BCUT2D eigenvalue weighted by atomic mass is 16.7. The molecule has 0 unspecified atom stereocenters. The Morgan fingerprint density at radius 3 is 1.93 bits per heavy atom. The summed E-state index contributed by atoms with van der Waals surface area (Å²) in [4.78, 5) is 25.7. The maximum Gasteiger partial charge on any atom is 0.303 e. The largest absolute Gasteiger partial charge is 0.481 e. The highest BCUT2D eigenvalue weighted by Gasteiger charge is 2.39. The van der Waals surface area contributed by atoms with Crippen molar-refractivity contribution in [2.24, 2.45) is 5.92 Å². The van der Waals surface area contributed by atoms with Crippen molar-refractivity contribution in [1.82, 2.24) is 10.2 Å². The van der Waals surface area contributed by atoms with Crippen LogP contribution in [0.4, 0.5) is 0 Å². The lowest BCUT2D eigenvalue weighted by Crippen LogP contribution is -2.45. The zero-order valence-electron chi connectivity index (χ0n) is 33.9. The van der Waals surface area contributed by atoms with Gasteiger partial charge < -0.3 is 29.9 Å². The molecule has 8 heteroatoms. The van der Waals surface area contributed by atoms with Crippen LogP contribution in [0.15, 0.2) is 72.8 Å². The van der Waals surface area contributed by atoms with Crippen molar-refractivity contribution < 1.29 is 29.3 Å². The lowest BCUT2D eigenvalue weighted by atomic mass is 9.89. The van der Waals surface area contributed by atoms with Gasteiger partial charge in [-0.1, -0.05) is 152 Å². The summed E-state index contributed by atoms with van der Waals surface area (Å²) in [5.74, 6) is -0.903. The van der Waals surface area contributed by atoms with Crippen molar-refractivity contribution in [3.63, 3.8) is 0 Å². The van der Waals surface area contributed by atoms with Gasteiger partial charge in [0.25, 0.3) is 0 Å². The normalized spacial score (nSPS) is 18.4. The number of nitrogens with one attached hydrogen (secondary N) is 1. The molecule has 1 heterocycles. The standard InChI is InChI=1S/C47H68N2O6/c1-4-6-8-10-12-14-30-49(31-15-13-11-9-7-5-2)34-43-36(3)46(40-24-22-37(35-50)23-25-40)55-47(54-43)41-28-26-39(27-29-41)42-19-16-18-38(32-42)33-48-44(51)20-17-21-45(52)53/h16,18-19,22-29,32,36,43,46-47,50H,4-15,17,20-21,30-31,33-35H2,1-3H3,(H,48,51)(H,52,53)/t36-,43+,46+,47+/m1/s1. The van der Waals surface area contributed by atoms with Gasteiger partial charge in [0.05, 0.1) is 18.8 Å². The third-order valence-corrected chi connectivity index (χ3v) is 10.9. The molecule has 0 aliphatic carbocycles. The molecule has 1 aliphatic rings. The number of carbonyl (C=O) groups excluding carboxylic acids is 1. The molecule has 3 N–H and O–H groups in total. The number of benzene rings is 3. The highest BCUT2D eigenvalue weighted by molar-refractivity contribution is 5.76. The number of amides is 1. The SMILES string of the molecule is CCCCCCCCN(CCCCCCCC)C[C@@H]1O[C@H](c2ccc(-c3cccc(CNC(=O)CCCC(=O)O)c3)cc2)O[C@H](c2ccc(CO)cc2)[C@@H]1C. The first kappa shape index (κ1) is 44.2. The number of carboxylic acids is 1. The fourth-order valence-electron chi connectivity index (χ4n) is 7.49. The van der Waals surface area contributed by atoms with E-state index in [4.69, 9.17) is 14.6 Å². The molecule has 55 heavy (non-hydrogen) atoms. The first-order valence-corrected chi connectivity index (χ1v) is 21.2. The number of aliphatic carboxylic acids is 1. The molecule has 3 aromatic rings. The molecule has 0 saturated carbocycles. The van der Waals surface area contributed by atoms with Crippen molar-refractivity contribution in [2.75, 3.05) is 19.6 Å². The summed E-state index contributed by atoms with van der Waals surface area (Å²) >= 11 is 0. The minimum Gasteiger partial charge on any atom is -0.481 e. The Bertz CT molecular complexity index is 1510. The monoisotopic (exact) mass is 757 g/mol. The van der Waals surface area contributed by atoms with Crippen LogP contribution in [0.3, 0.4) is 0 Å². The summed E-state index contributed by atoms with van der Waals surface area (Å²) in [5, 5.41) is 21.5. The van der Waals surface area contributed by atoms with Crippen LogP contribution < -0.4 is 5.32 Å². The van der Waals surface area contributed by atoms with E-state index in [1.165, 1.54) is 77.0 Å². The summed E-state index contributed by atoms with van der Waals surface area (Å²) in [6.07, 6.45) is 15.3. The fraction of sp³-hybridized carbons (Fsp3) is 0.574. The molecule has 1 amide bonds. The summed E-state index contributed by atoms with van der Waals surface area (Å²) in [6, 6.07) is 24.7. The van der Waals surface area contributed by atoms with Crippen LogP contribution in [0.1, 0.15) is 152 Å². The molecular weight excluding hydrogens is 689 g/mol. The Labute approximate surface area is 331 Å². The Morgan fingerprint density at radius 1 is 0.691 bits per heavy atom. The fourth-order valence-corrected chi connectivity index (χ4v) is 7.49. The van der Waals surface area contributed by atoms with Crippen molar-refractivity contribution in [3.8, 4) is 11.1 Å². The number of ether oxygens (including phenoxy) is 2. The third kappa shape index (κ3) is 15.5. The first-order chi connectivity index (χ1) is 26.8. The zero-order chi connectivity index (χ0) is 39.3. The average molecular weight is 757 g/mol. The van der Waals surface area contributed by atoms with Crippen molar-refractivity contribution in [1.29, 1.82) is 0 Å². The van der Waals surface area contributed by atoms with Gasteiger partial charge in [-0.2, -0.15) is 0 Å². The lowest BCUT2D eigenvalue weighted by molar-refractivity contribution is -0.276. The number of aliphatic hydroxyl groups is 1. The van der Waals surface area contributed by atoms with E-state index in [1.807, 2.05) is 24.3 Å².